The van der Waals surface area contributed by atoms with Crippen LogP contribution in [0.1, 0.15) is 46.7 Å². The summed E-state index contributed by atoms with van der Waals surface area (Å²) in [5.41, 5.74) is 3.50. The quantitative estimate of drug-likeness (QED) is 0.269. The number of carbonyl (C=O) groups is 2. The average Bonchev–Trinajstić information content (AvgIpc) is 3.69. The van der Waals surface area contributed by atoms with Crippen LogP contribution in [0.5, 0.6) is 5.75 Å². The molecule has 1 N–H and O–H groups in total. The van der Waals surface area contributed by atoms with E-state index < -0.39 is 29.6 Å². The van der Waals surface area contributed by atoms with E-state index in [4.69, 9.17) is 24.4 Å². The summed E-state index contributed by atoms with van der Waals surface area (Å²) in [5, 5.41) is 3.49. The van der Waals surface area contributed by atoms with Crippen molar-refractivity contribution < 1.29 is 27.8 Å². The molecule has 52 heavy (non-hydrogen) atoms. The fraction of sp³-hybridized carbons (Fsp3) is 0.368. The molecule has 14 heteroatoms. The fourth-order valence-electron chi connectivity index (χ4n) is 7.54. The van der Waals surface area contributed by atoms with Crippen LogP contribution in [0.3, 0.4) is 0 Å². The highest BCUT2D eigenvalue weighted by Gasteiger charge is 2.41. The van der Waals surface area contributed by atoms with E-state index in [1.807, 2.05) is 34.6 Å². The van der Waals surface area contributed by atoms with E-state index in [-0.39, 0.29) is 41.4 Å². The normalized spacial score (nSPS) is 20.8. The molecule has 8 rings (SSSR count). The number of imidazole rings is 1. The molecule has 1 saturated heterocycles. The number of rotatable bonds is 2. The van der Waals surface area contributed by atoms with Gasteiger partial charge in [0.1, 0.15) is 40.8 Å². The summed E-state index contributed by atoms with van der Waals surface area (Å²) in [6, 6.07) is 11.3. The summed E-state index contributed by atoms with van der Waals surface area (Å²) in [7, 11) is 3.34. The van der Waals surface area contributed by atoms with Crippen molar-refractivity contribution in [2.24, 2.45) is 0 Å². The molecule has 0 spiro atoms. The number of ether oxygens (including phenoxy) is 2. The molecule has 3 atom stereocenters. The summed E-state index contributed by atoms with van der Waals surface area (Å²) in [4.78, 5) is 51.0. The molecule has 4 bridgehead atoms. The van der Waals surface area contributed by atoms with Crippen LogP contribution in [0.25, 0.3) is 22.3 Å². The number of nitrogens with zero attached hydrogens (tertiary/aromatic N) is 7. The van der Waals surface area contributed by atoms with Gasteiger partial charge < -0.3 is 29.2 Å². The van der Waals surface area contributed by atoms with Crippen molar-refractivity contribution in [3.8, 4) is 17.0 Å². The molecule has 3 aliphatic heterocycles. The predicted octanol–water partition coefficient (Wildman–Crippen LogP) is 4.97. The zero-order valence-corrected chi connectivity index (χ0v) is 29.1. The molecule has 6 heterocycles. The number of methoxy groups -OCH3 is 1. The third kappa shape index (κ3) is 6.20. The minimum absolute atomic E-state index is 0.165. The molecule has 12 nitrogen and oxygen atoms in total. The van der Waals surface area contributed by atoms with Gasteiger partial charge >= 0.3 is 0 Å². The van der Waals surface area contributed by atoms with Gasteiger partial charge in [-0.2, -0.15) is 0 Å². The minimum atomic E-state index is -0.682. The second kappa shape index (κ2) is 13.6. The number of benzene rings is 2. The lowest BCUT2D eigenvalue weighted by atomic mass is 10.00. The second-order valence-corrected chi connectivity index (χ2v) is 13.6. The highest BCUT2D eigenvalue weighted by molar-refractivity contribution is 6.10. The first-order valence-corrected chi connectivity index (χ1v) is 17.4. The number of hydrogen-bond acceptors (Lipinski definition) is 10. The highest BCUT2D eigenvalue weighted by atomic mass is 19.1. The van der Waals surface area contributed by atoms with E-state index in [2.05, 4.69) is 10.3 Å². The Bertz CT molecular complexity index is 2210. The maximum atomic E-state index is 15.0. The van der Waals surface area contributed by atoms with Crippen LogP contribution in [-0.4, -0.2) is 93.1 Å². The molecule has 1 amide bonds. The number of pyridine rings is 1. The second-order valence-electron chi connectivity index (χ2n) is 13.6. The third-order valence-electron chi connectivity index (χ3n) is 10.1. The average molecular weight is 709 g/mol. The van der Waals surface area contributed by atoms with Crippen LogP contribution >= 0.6 is 0 Å². The van der Waals surface area contributed by atoms with Gasteiger partial charge in [-0.15, -0.1) is 0 Å². The van der Waals surface area contributed by atoms with Crippen LogP contribution in [0.2, 0.25) is 0 Å². The summed E-state index contributed by atoms with van der Waals surface area (Å²) >= 11 is 0. The maximum Gasteiger partial charge on any atom is 0.245 e. The van der Waals surface area contributed by atoms with Crippen molar-refractivity contribution in [1.82, 2.24) is 29.4 Å². The lowest BCUT2D eigenvalue weighted by Gasteiger charge is -2.30. The number of amides is 1. The first-order chi connectivity index (χ1) is 25.2. The number of aromatic nitrogens is 5. The number of halogens is 2. The molecular formula is C38H38F2N8O4. The smallest absolute Gasteiger partial charge is 0.245 e. The molecule has 0 saturated carbocycles. The van der Waals surface area contributed by atoms with E-state index in [1.54, 1.807) is 25.3 Å². The molecule has 268 valence electrons. The van der Waals surface area contributed by atoms with Gasteiger partial charge in [-0.25, -0.2) is 28.7 Å². The van der Waals surface area contributed by atoms with Gasteiger partial charge in [0.25, 0.3) is 0 Å². The fourth-order valence-corrected chi connectivity index (χ4v) is 7.54. The number of carbonyl (C=O) groups excluding carboxylic acids is 2. The SMILES string of the molecule is CO[C@H]1CN(C)C(=O)[C@@H]2C[C@@H](CN2c2ncc3c(n2)C(=O)c2ccc(F)cc2OCCCC3)Nc2cccc(n2)-c2cc(F)cc3nc(C)n(c23)C1. The molecule has 2 aromatic carbocycles. The Morgan fingerprint density at radius 3 is 2.67 bits per heavy atom. The Labute approximate surface area is 298 Å². The lowest BCUT2D eigenvalue weighted by Crippen LogP contribution is -2.47. The monoisotopic (exact) mass is 708 g/mol. The molecule has 1 fully saturated rings. The van der Waals surface area contributed by atoms with Crippen LogP contribution in [0, 0.1) is 18.6 Å². The lowest BCUT2D eigenvalue weighted by molar-refractivity contribution is -0.132. The van der Waals surface area contributed by atoms with Crippen LogP contribution < -0.4 is 15.0 Å². The van der Waals surface area contributed by atoms with Crippen LogP contribution in [-0.2, 0) is 22.5 Å². The Hall–Kier alpha value is -5.50. The maximum absolute atomic E-state index is 15.0. The van der Waals surface area contributed by atoms with Crippen molar-refractivity contribution in [3.05, 3.63) is 89.0 Å². The Morgan fingerprint density at radius 2 is 1.83 bits per heavy atom. The highest BCUT2D eigenvalue weighted by Crippen LogP contribution is 2.33. The van der Waals surface area contributed by atoms with Gasteiger partial charge in [0.05, 0.1) is 41.5 Å². The Balaban J connectivity index is 1.20. The number of aryl methyl sites for hydroxylation is 2. The molecule has 3 aromatic heterocycles. The molecule has 5 aromatic rings. The summed E-state index contributed by atoms with van der Waals surface area (Å²) in [5.74, 6) is 0.155. The zero-order valence-electron chi connectivity index (χ0n) is 29.1. The first kappa shape index (κ1) is 33.6. The number of fused-ring (bicyclic) bond motifs is 7. The number of anilines is 2. The molecule has 0 aliphatic carbocycles. The Kier molecular flexibility index (Phi) is 8.77. The van der Waals surface area contributed by atoms with Crippen LogP contribution in [0.4, 0.5) is 20.5 Å². The van der Waals surface area contributed by atoms with Gasteiger partial charge in [-0.1, -0.05) is 6.07 Å². The topological polar surface area (TPSA) is 128 Å². The molecular weight excluding hydrogens is 670 g/mol. The van der Waals surface area contributed by atoms with Crippen molar-refractivity contribution >= 4 is 34.5 Å². The van der Waals surface area contributed by atoms with Crippen molar-refractivity contribution in [2.75, 3.05) is 44.1 Å². The minimum Gasteiger partial charge on any atom is -0.493 e. The number of ketones is 1. The van der Waals surface area contributed by atoms with Crippen LogP contribution in [0.15, 0.2) is 54.7 Å². The van der Waals surface area contributed by atoms with Crippen molar-refractivity contribution in [1.29, 1.82) is 0 Å². The van der Waals surface area contributed by atoms with E-state index in [9.17, 15) is 18.4 Å². The van der Waals surface area contributed by atoms with E-state index >= 15 is 0 Å². The first-order valence-electron chi connectivity index (χ1n) is 17.4. The third-order valence-corrected chi connectivity index (χ3v) is 10.1. The summed E-state index contributed by atoms with van der Waals surface area (Å²) in [6.07, 6.45) is 3.62. The summed E-state index contributed by atoms with van der Waals surface area (Å²) in [6.45, 7) is 3.16. The standard InChI is InChI=1S/C38H38F2N8O4/c1-21-42-30-14-24(40)13-28-29-8-6-9-33(44-29)43-25-16-31(37(50)46(2)19-26(51-3)20-47(21)35(28)30)48(18-25)38-41-17-22-7-4-5-12-52-32-15-23(39)10-11-27(32)36(49)34(22)45-38/h6,8-11,13-15,17,25-26,31H,4-5,7,12,16,18-20H2,1-3H3,(H,43,44)/t25-,26-,31-/m0/s1. The van der Waals surface area contributed by atoms with Gasteiger partial charge in [0.15, 0.2) is 0 Å². The zero-order chi connectivity index (χ0) is 36.1. The van der Waals surface area contributed by atoms with E-state index in [1.165, 1.54) is 30.3 Å². The molecule has 0 unspecified atom stereocenters. The van der Waals surface area contributed by atoms with E-state index in [0.717, 1.165) is 11.9 Å². The number of hydrogen-bond donors (Lipinski definition) is 1. The van der Waals surface area contributed by atoms with Gasteiger partial charge in [-0.3, -0.25) is 9.59 Å². The summed E-state index contributed by atoms with van der Waals surface area (Å²) < 4.78 is 42.9. The van der Waals surface area contributed by atoms with Crippen molar-refractivity contribution in [3.63, 3.8) is 0 Å². The molecule has 0 radical (unpaired) electrons. The van der Waals surface area contributed by atoms with Gasteiger partial charge in [0, 0.05) is 62.7 Å². The molecule has 3 aliphatic rings. The van der Waals surface area contributed by atoms with Gasteiger partial charge in [-0.05, 0) is 62.9 Å². The van der Waals surface area contributed by atoms with E-state index in [0.29, 0.717) is 72.9 Å². The predicted molar refractivity (Wildman–Crippen MR) is 190 cm³/mol. The number of nitrogens with one attached hydrogen (secondary N) is 1. The largest absolute Gasteiger partial charge is 0.493 e. The Morgan fingerprint density at radius 1 is 0.962 bits per heavy atom. The number of likely N-dealkylation sites (N-methyl/N-ethyl adjacent to an activating group) is 1. The van der Waals surface area contributed by atoms with Gasteiger partial charge in [0.2, 0.25) is 17.6 Å². The van der Waals surface area contributed by atoms with Crippen molar-refractivity contribution in [2.45, 2.75) is 57.3 Å².